The van der Waals surface area contributed by atoms with Crippen LogP contribution in [-0.4, -0.2) is 0 Å². The van der Waals surface area contributed by atoms with Gasteiger partial charge in [0, 0.05) is 0 Å². The SMILES string of the molecule is N#[C][Ir][C]#N. The number of hydrogen-bond acceptors (Lipinski definition) is 2. The molecule has 0 aliphatic rings. The van der Waals surface area contributed by atoms with Gasteiger partial charge >= 0.3 is 37.4 Å². The average molecular weight is 244 g/mol. The first-order valence-corrected chi connectivity index (χ1v) is 3.18. The predicted octanol–water partition coefficient (Wildman–Crippen LogP) is 0.0311. The quantitative estimate of drug-likeness (QED) is 0.603. The molecule has 0 saturated carbocycles. The Kier molecular flexibility index (Phi) is 3.36. The van der Waals surface area contributed by atoms with Crippen LogP contribution in [0.2, 0.25) is 0 Å². The molecule has 0 rings (SSSR count). The molecule has 0 aliphatic carbocycles. The van der Waals surface area contributed by atoms with E-state index in [4.69, 9.17) is 10.5 Å². The first-order valence-electron chi connectivity index (χ1n) is 0.781. The maximum atomic E-state index is 7.65. The topological polar surface area (TPSA) is 47.6 Å². The fourth-order valence-electron chi connectivity index (χ4n) is 0.0167. The summed E-state index contributed by atoms with van der Waals surface area (Å²) in [6.07, 6.45) is 0. The molecule has 0 radical (unpaired) electrons. The second-order valence-electron chi connectivity index (χ2n) is 0.232. The molecule has 0 bridgehead atoms. The fourth-order valence-corrected chi connectivity index (χ4v) is 0.136. The van der Waals surface area contributed by atoms with Crippen molar-refractivity contribution in [3.05, 3.63) is 0 Å². The van der Waals surface area contributed by atoms with E-state index < -0.39 is 17.7 Å². The zero-order chi connectivity index (χ0) is 4.12. The third-order valence-corrected chi connectivity index (χ3v) is 0.610. The molecule has 0 amide bonds. The van der Waals surface area contributed by atoms with Crippen LogP contribution < -0.4 is 0 Å². The molecule has 0 heterocycles. The van der Waals surface area contributed by atoms with Crippen LogP contribution in [0.3, 0.4) is 0 Å². The van der Waals surface area contributed by atoms with Gasteiger partial charge in [-0.3, -0.25) is 0 Å². The standard InChI is InChI=1S/2CN.Ir/c2*1-2;. The van der Waals surface area contributed by atoms with Gasteiger partial charge in [-0.05, 0) is 0 Å². The number of nitriles is 2. The molecule has 0 N–H and O–H groups in total. The third-order valence-electron chi connectivity index (χ3n) is 0.0745. The summed E-state index contributed by atoms with van der Waals surface area (Å²) in [4.78, 5) is 0. The van der Waals surface area contributed by atoms with Gasteiger partial charge in [0.15, 0.2) is 0 Å². The molecule has 5 heavy (non-hydrogen) atoms. The molecular weight excluding hydrogens is 244 g/mol. The van der Waals surface area contributed by atoms with Crippen LogP contribution in [0.25, 0.3) is 0 Å². The van der Waals surface area contributed by atoms with Gasteiger partial charge in [-0.2, -0.15) is 0 Å². The van der Waals surface area contributed by atoms with Crippen molar-refractivity contribution in [2.45, 2.75) is 0 Å². The van der Waals surface area contributed by atoms with Crippen molar-refractivity contribution < 1.29 is 17.7 Å². The van der Waals surface area contributed by atoms with Crippen molar-refractivity contribution in [1.82, 2.24) is 0 Å². The van der Waals surface area contributed by atoms with Crippen molar-refractivity contribution in [2.24, 2.45) is 0 Å². The Balaban J connectivity index is 2.86. The van der Waals surface area contributed by atoms with E-state index >= 15 is 0 Å². The van der Waals surface area contributed by atoms with Gasteiger partial charge in [0.25, 0.3) is 0 Å². The van der Waals surface area contributed by atoms with E-state index in [1.54, 1.807) is 9.17 Å². The second-order valence-corrected chi connectivity index (χ2v) is 1.90. The first kappa shape index (κ1) is 4.63. The molecule has 27 valence electrons. The molecule has 0 aromatic heterocycles. The molecule has 2 nitrogen and oxygen atoms in total. The van der Waals surface area contributed by atoms with Crippen LogP contribution >= 0.6 is 0 Å². The number of nitrogens with zero attached hydrogens (tertiary/aromatic N) is 2. The Bertz CT molecular complexity index is 72.8. The monoisotopic (exact) mass is 245 g/mol. The van der Waals surface area contributed by atoms with E-state index in [-0.39, 0.29) is 0 Å². The van der Waals surface area contributed by atoms with E-state index in [2.05, 4.69) is 0 Å². The van der Waals surface area contributed by atoms with E-state index in [1.165, 1.54) is 0 Å². The predicted molar refractivity (Wildman–Crippen MR) is 11.2 cm³/mol. The second kappa shape index (κ2) is 3.63. The van der Waals surface area contributed by atoms with Crippen LogP contribution in [0.15, 0.2) is 0 Å². The number of rotatable bonds is 0. The summed E-state index contributed by atoms with van der Waals surface area (Å²) in [5.74, 6) is 0. The summed E-state index contributed by atoms with van der Waals surface area (Å²) in [6, 6.07) is 0. The van der Waals surface area contributed by atoms with Crippen molar-refractivity contribution in [3.63, 3.8) is 0 Å². The van der Waals surface area contributed by atoms with Crippen LogP contribution in [0.5, 0.6) is 0 Å². The van der Waals surface area contributed by atoms with Gasteiger partial charge in [-0.25, -0.2) is 0 Å². The van der Waals surface area contributed by atoms with E-state index in [9.17, 15) is 0 Å². The zero-order valence-electron chi connectivity index (χ0n) is 2.23. The Morgan fingerprint density at radius 1 is 1.20 bits per heavy atom. The minimum atomic E-state index is -0.861. The van der Waals surface area contributed by atoms with E-state index in [0.29, 0.717) is 0 Å². The van der Waals surface area contributed by atoms with Gasteiger partial charge < -0.3 is 0 Å². The van der Waals surface area contributed by atoms with E-state index in [0.717, 1.165) is 0 Å². The minimum absolute atomic E-state index is 0.861. The Morgan fingerprint density at radius 2 is 1.60 bits per heavy atom. The Labute approximate surface area is 38.0 Å². The third kappa shape index (κ3) is 3.63. The van der Waals surface area contributed by atoms with Gasteiger partial charge in [-0.1, -0.05) is 0 Å². The maximum absolute atomic E-state index is 7.65. The van der Waals surface area contributed by atoms with Gasteiger partial charge in [0.2, 0.25) is 0 Å². The summed E-state index contributed by atoms with van der Waals surface area (Å²) in [5, 5.41) is 15.3. The summed E-state index contributed by atoms with van der Waals surface area (Å²) in [7, 11) is 0. The molecule has 0 spiro atoms. The molecule has 0 unspecified atom stereocenters. The Hall–Kier alpha value is -0.371. The van der Waals surface area contributed by atoms with Crippen molar-refractivity contribution in [2.75, 3.05) is 0 Å². The molecule has 3 heteroatoms. The molecule has 0 aliphatic heterocycles. The molecule has 0 aromatic rings. The number of hydrogen-bond donors (Lipinski definition) is 0. The van der Waals surface area contributed by atoms with Crippen molar-refractivity contribution in [1.29, 1.82) is 10.5 Å². The van der Waals surface area contributed by atoms with Crippen molar-refractivity contribution in [3.8, 4) is 9.17 Å². The van der Waals surface area contributed by atoms with Gasteiger partial charge in [0.05, 0.1) is 0 Å². The summed E-state index contributed by atoms with van der Waals surface area (Å²) in [6.45, 7) is 0. The van der Waals surface area contributed by atoms with Crippen LogP contribution in [0.1, 0.15) is 0 Å². The summed E-state index contributed by atoms with van der Waals surface area (Å²) < 4.78 is 3.56. The van der Waals surface area contributed by atoms with Crippen LogP contribution in [0.4, 0.5) is 0 Å². The molecule has 0 fully saturated rings. The zero-order valence-corrected chi connectivity index (χ0v) is 4.62. The molecule has 0 aromatic carbocycles. The fraction of sp³-hybridized carbons (Fsp3) is 0. The molecular formula is C2IrN2. The summed E-state index contributed by atoms with van der Waals surface area (Å²) >= 11 is -0.861. The van der Waals surface area contributed by atoms with Crippen molar-refractivity contribution >= 4 is 0 Å². The van der Waals surface area contributed by atoms with Crippen LogP contribution in [-0.2, 0) is 17.7 Å². The van der Waals surface area contributed by atoms with E-state index in [1.807, 2.05) is 0 Å². The molecule has 0 saturated heterocycles. The Morgan fingerprint density at radius 3 is 1.60 bits per heavy atom. The van der Waals surface area contributed by atoms with Crippen LogP contribution in [0, 0.1) is 19.7 Å². The average Bonchev–Trinajstić information content (AvgIpc) is 1.41. The van der Waals surface area contributed by atoms with Gasteiger partial charge in [0.1, 0.15) is 0 Å². The normalized spacial score (nSPS) is 5.20. The first-order chi connectivity index (χ1) is 2.41. The summed E-state index contributed by atoms with van der Waals surface area (Å²) in [5.41, 5.74) is 0. The van der Waals surface area contributed by atoms with Gasteiger partial charge in [-0.15, -0.1) is 0 Å². The molecule has 0 atom stereocenters.